The average Bonchev–Trinajstić information content (AvgIpc) is 2.77. The largest absolute Gasteiger partial charge is 0.453 e. The lowest BCUT2D eigenvalue weighted by atomic mass is 10.2. The molecule has 4 heteroatoms. The van der Waals surface area contributed by atoms with Crippen LogP contribution >= 0.6 is 34.2 Å². The highest BCUT2D eigenvalue weighted by molar-refractivity contribution is 14.1. The van der Waals surface area contributed by atoms with Crippen molar-refractivity contribution >= 4 is 40.0 Å². The van der Waals surface area contributed by atoms with Gasteiger partial charge in [0, 0.05) is 20.6 Å². The summed E-state index contributed by atoms with van der Waals surface area (Å²) in [5.41, 5.74) is 0.949. The molecule has 1 heterocycles. The third-order valence-electron chi connectivity index (χ3n) is 2.40. The van der Waals surface area contributed by atoms with E-state index in [-0.39, 0.29) is 5.78 Å². The van der Waals surface area contributed by atoms with E-state index in [0.29, 0.717) is 23.0 Å². The first-order valence-electron chi connectivity index (χ1n) is 5.20. The van der Waals surface area contributed by atoms with Gasteiger partial charge in [-0.1, -0.05) is 18.5 Å². The average molecular weight is 361 g/mol. The highest BCUT2D eigenvalue weighted by Crippen LogP contribution is 2.29. The summed E-state index contributed by atoms with van der Waals surface area (Å²) >= 11 is 8.09. The predicted octanol–water partition coefficient (Wildman–Crippen LogP) is 4.80. The molecule has 0 spiro atoms. The number of halogens is 2. The van der Waals surface area contributed by atoms with E-state index in [9.17, 15) is 4.79 Å². The van der Waals surface area contributed by atoms with Gasteiger partial charge in [-0.15, -0.1) is 0 Å². The maximum atomic E-state index is 11.5. The second-order valence-electron chi connectivity index (χ2n) is 3.56. The second-order valence-corrected chi connectivity index (χ2v) is 5.16. The molecule has 0 saturated carbocycles. The fourth-order valence-corrected chi connectivity index (χ4v) is 2.63. The summed E-state index contributed by atoms with van der Waals surface area (Å²) in [6, 6.07) is 9.09. The highest BCUT2D eigenvalue weighted by Gasteiger charge is 2.12. The second kappa shape index (κ2) is 5.23. The number of rotatable bonds is 3. The van der Waals surface area contributed by atoms with Gasteiger partial charge < -0.3 is 4.42 Å². The SMILES string of the molecule is CCC(=O)c1ccc(-c2ccc(Cl)cc2I)o1. The van der Waals surface area contributed by atoms with Crippen LogP contribution in [0.3, 0.4) is 0 Å². The van der Waals surface area contributed by atoms with E-state index < -0.39 is 0 Å². The van der Waals surface area contributed by atoms with Gasteiger partial charge in [-0.05, 0) is 52.9 Å². The van der Waals surface area contributed by atoms with Gasteiger partial charge in [-0.25, -0.2) is 0 Å². The van der Waals surface area contributed by atoms with Crippen LogP contribution in [-0.2, 0) is 0 Å². The zero-order chi connectivity index (χ0) is 12.4. The van der Waals surface area contributed by atoms with Crippen molar-refractivity contribution in [2.75, 3.05) is 0 Å². The van der Waals surface area contributed by atoms with E-state index in [0.717, 1.165) is 9.13 Å². The lowest BCUT2D eigenvalue weighted by molar-refractivity contribution is 0.0962. The third kappa shape index (κ3) is 2.72. The Bertz CT molecular complexity index is 560. The minimum Gasteiger partial charge on any atom is -0.453 e. The first-order chi connectivity index (χ1) is 8.11. The molecular weight excluding hydrogens is 350 g/mol. The Morgan fingerprint density at radius 1 is 1.35 bits per heavy atom. The number of carbonyl (C=O) groups is 1. The molecule has 0 bridgehead atoms. The molecule has 1 aromatic heterocycles. The smallest absolute Gasteiger partial charge is 0.197 e. The summed E-state index contributed by atoms with van der Waals surface area (Å²) in [6.45, 7) is 1.82. The van der Waals surface area contributed by atoms with Crippen LogP contribution < -0.4 is 0 Å². The number of furan rings is 1. The quantitative estimate of drug-likeness (QED) is 0.581. The van der Waals surface area contributed by atoms with Crippen LogP contribution in [0, 0.1) is 3.57 Å². The number of hydrogen-bond acceptors (Lipinski definition) is 2. The molecule has 0 fully saturated rings. The fourth-order valence-electron chi connectivity index (χ4n) is 1.50. The molecule has 88 valence electrons. The zero-order valence-electron chi connectivity index (χ0n) is 9.17. The van der Waals surface area contributed by atoms with Crippen molar-refractivity contribution < 1.29 is 9.21 Å². The van der Waals surface area contributed by atoms with Crippen molar-refractivity contribution in [2.24, 2.45) is 0 Å². The molecule has 0 N–H and O–H groups in total. The minimum absolute atomic E-state index is 0.0141. The number of ketones is 1. The summed E-state index contributed by atoms with van der Waals surface area (Å²) < 4.78 is 6.55. The van der Waals surface area contributed by atoms with Gasteiger partial charge in [0.2, 0.25) is 0 Å². The van der Waals surface area contributed by atoms with Gasteiger partial charge >= 0.3 is 0 Å². The molecule has 2 rings (SSSR count). The van der Waals surface area contributed by atoms with Crippen LogP contribution in [0.15, 0.2) is 34.7 Å². The first-order valence-corrected chi connectivity index (χ1v) is 6.66. The van der Waals surface area contributed by atoms with Crippen molar-refractivity contribution in [1.29, 1.82) is 0 Å². The Hall–Kier alpha value is -0.810. The molecule has 1 aromatic carbocycles. The molecule has 0 aliphatic heterocycles. The molecule has 0 unspecified atom stereocenters. The van der Waals surface area contributed by atoms with E-state index in [1.807, 2.05) is 31.2 Å². The molecule has 0 radical (unpaired) electrons. The molecule has 0 aliphatic rings. The van der Waals surface area contributed by atoms with Crippen LogP contribution in [-0.4, -0.2) is 5.78 Å². The minimum atomic E-state index is 0.0141. The normalized spacial score (nSPS) is 10.5. The van der Waals surface area contributed by atoms with Gasteiger partial charge in [0.05, 0.1) is 0 Å². The lowest BCUT2D eigenvalue weighted by Crippen LogP contribution is -1.92. The van der Waals surface area contributed by atoms with Gasteiger partial charge in [0.1, 0.15) is 5.76 Å². The molecule has 0 saturated heterocycles. The maximum Gasteiger partial charge on any atom is 0.197 e. The Labute approximate surface area is 118 Å². The topological polar surface area (TPSA) is 30.2 Å². The predicted molar refractivity (Wildman–Crippen MR) is 76.5 cm³/mol. The van der Waals surface area contributed by atoms with E-state index in [1.165, 1.54) is 0 Å². The van der Waals surface area contributed by atoms with Crippen molar-refractivity contribution in [3.63, 3.8) is 0 Å². The van der Waals surface area contributed by atoms with Gasteiger partial charge in [-0.3, -0.25) is 4.79 Å². The molecular formula is C13H10ClIO2. The monoisotopic (exact) mass is 360 g/mol. The number of carbonyl (C=O) groups excluding carboxylic acids is 1. The Kier molecular flexibility index (Phi) is 3.89. The summed E-state index contributed by atoms with van der Waals surface area (Å²) in [5.74, 6) is 1.12. The van der Waals surface area contributed by atoms with E-state index in [4.69, 9.17) is 16.0 Å². The maximum absolute atomic E-state index is 11.5. The van der Waals surface area contributed by atoms with Gasteiger partial charge in [-0.2, -0.15) is 0 Å². The number of hydrogen-bond donors (Lipinski definition) is 0. The molecule has 0 amide bonds. The number of Topliss-reactive ketones (excluding diaryl/α,β-unsaturated/α-hetero) is 1. The van der Waals surface area contributed by atoms with Gasteiger partial charge in [0.25, 0.3) is 0 Å². The number of benzene rings is 1. The zero-order valence-corrected chi connectivity index (χ0v) is 12.1. The fraction of sp³-hybridized carbons (Fsp3) is 0.154. The van der Waals surface area contributed by atoms with E-state index in [1.54, 1.807) is 6.07 Å². The van der Waals surface area contributed by atoms with Gasteiger partial charge in [0.15, 0.2) is 11.5 Å². The van der Waals surface area contributed by atoms with Crippen molar-refractivity contribution in [3.8, 4) is 11.3 Å². The van der Waals surface area contributed by atoms with E-state index in [2.05, 4.69) is 22.6 Å². The standard InChI is InChI=1S/C13H10ClIO2/c1-2-11(16)13-6-5-12(17-13)9-4-3-8(14)7-10(9)15/h3-7H,2H2,1H3. The summed E-state index contributed by atoms with van der Waals surface area (Å²) in [5, 5.41) is 0.689. The van der Waals surface area contributed by atoms with Crippen LogP contribution in [0.1, 0.15) is 23.9 Å². The molecule has 2 nitrogen and oxygen atoms in total. The van der Waals surface area contributed by atoms with Crippen LogP contribution in [0.5, 0.6) is 0 Å². The van der Waals surface area contributed by atoms with Crippen molar-refractivity contribution in [1.82, 2.24) is 0 Å². The van der Waals surface area contributed by atoms with Crippen LogP contribution in [0.25, 0.3) is 11.3 Å². The summed E-state index contributed by atoms with van der Waals surface area (Å²) in [4.78, 5) is 11.5. The van der Waals surface area contributed by atoms with Crippen LogP contribution in [0.2, 0.25) is 5.02 Å². The van der Waals surface area contributed by atoms with E-state index >= 15 is 0 Å². The Morgan fingerprint density at radius 3 is 2.76 bits per heavy atom. The Balaban J connectivity index is 2.40. The Morgan fingerprint density at radius 2 is 2.12 bits per heavy atom. The molecule has 0 aliphatic carbocycles. The molecule has 17 heavy (non-hydrogen) atoms. The lowest BCUT2D eigenvalue weighted by Gasteiger charge is -2.01. The van der Waals surface area contributed by atoms with Crippen molar-refractivity contribution in [2.45, 2.75) is 13.3 Å². The van der Waals surface area contributed by atoms with Crippen molar-refractivity contribution in [3.05, 3.63) is 44.7 Å². The highest BCUT2D eigenvalue weighted by atomic mass is 127. The summed E-state index contributed by atoms with van der Waals surface area (Å²) in [6.07, 6.45) is 0.449. The summed E-state index contributed by atoms with van der Waals surface area (Å²) in [7, 11) is 0. The van der Waals surface area contributed by atoms with Crippen LogP contribution in [0.4, 0.5) is 0 Å². The first kappa shape index (κ1) is 12.6. The molecule has 2 aromatic rings. The molecule has 0 atom stereocenters. The third-order valence-corrected chi connectivity index (χ3v) is 3.53.